The number of hydrogen-bond donors (Lipinski definition) is 4. The highest BCUT2D eigenvalue weighted by Gasteiger charge is 2.27. The van der Waals surface area contributed by atoms with Crippen LogP contribution in [0.4, 0.5) is 0 Å². The molecule has 0 heterocycles. The normalized spacial score (nSPS) is 12.1. The summed E-state index contributed by atoms with van der Waals surface area (Å²) in [6, 6.07) is 22.5. The fraction of sp³-hybridized carbons (Fsp3) is 0.273. The summed E-state index contributed by atoms with van der Waals surface area (Å²) in [7, 11) is 0. The maximum atomic E-state index is 11.0. The Balaban J connectivity index is 1.74. The molecule has 0 spiro atoms. The Labute approximate surface area is 219 Å². The van der Waals surface area contributed by atoms with Gasteiger partial charge in [-0.3, -0.25) is 0 Å². The standard InChI is InChI=1S/C33H36O4/c1-20-15-25(9-13-29(20)35)33(5,6)27-16-21(2)31(37)23(19-27)17-22-18-26(10-14-30(22)36)32(3,4)24-7-11-28(34)12-8-24/h7-16,18-19,34-37H,17H2,1-6H3. The lowest BCUT2D eigenvalue weighted by Crippen LogP contribution is -2.20. The van der Waals surface area contributed by atoms with Crippen LogP contribution in [-0.2, 0) is 17.3 Å². The third kappa shape index (κ3) is 5.01. The first kappa shape index (κ1) is 26.2. The summed E-state index contributed by atoms with van der Waals surface area (Å²) in [5.41, 5.74) is 6.54. The van der Waals surface area contributed by atoms with Crippen molar-refractivity contribution in [2.45, 2.75) is 58.8 Å². The molecule has 0 radical (unpaired) electrons. The molecule has 37 heavy (non-hydrogen) atoms. The largest absolute Gasteiger partial charge is 0.508 e. The number of aryl methyl sites for hydroxylation is 2. The fourth-order valence-corrected chi connectivity index (χ4v) is 4.92. The Hall–Kier alpha value is -3.92. The monoisotopic (exact) mass is 496 g/mol. The van der Waals surface area contributed by atoms with Gasteiger partial charge < -0.3 is 20.4 Å². The van der Waals surface area contributed by atoms with E-state index in [-0.39, 0.29) is 33.8 Å². The Kier molecular flexibility index (Phi) is 6.72. The van der Waals surface area contributed by atoms with Crippen LogP contribution in [-0.4, -0.2) is 20.4 Å². The first-order valence-electron chi connectivity index (χ1n) is 12.6. The van der Waals surface area contributed by atoms with E-state index < -0.39 is 0 Å². The number of phenolic OH excluding ortho intramolecular Hbond substituents is 4. The highest BCUT2D eigenvalue weighted by molar-refractivity contribution is 5.53. The van der Waals surface area contributed by atoms with Crippen molar-refractivity contribution < 1.29 is 20.4 Å². The fourth-order valence-electron chi connectivity index (χ4n) is 4.92. The van der Waals surface area contributed by atoms with E-state index in [1.54, 1.807) is 24.3 Å². The van der Waals surface area contributed by atoms with E-state index in [9.17, 15) is 20.4 Å². The quantitative estimate of drug-likeness (QED) is 0.225. The van der Waals surface area contributed by atoms with Crippen LogP contribution in [0.15, 0.2) is 72.8 Å². The van der Waals surface area contributed by atoms with Gasteiger partial charge in [0.2, 0.25) is 0 Å². The van der Waals surface area contributed by atoms with Crippen molar-refractivity contribution in [2.24, 2.45) is 0 Å². The molecule has 0 bridgehead atoms. The van der Waals surface area contributed by atoms with Gasteiger partial charge in [0.25, 0.3) is 0 Å². The SMILES string of the molecule is Cc1cc(C(C)(C)c2cc(C)c(O)c(Cc3cc(C(C)(C)c4ccc(O)cc4)ccc3O)c2)ccc1O. The van der Waals surface area contributed by atoms with Crippen molar-refractivity contribution in [1.29, 1.82) is 0 Å². The number of rotatable bonds is 6. The van der Waals surface area contributed by atoms with Crippen molar-refractivity contribution in [3.05, 3.63) is 117 Å². The second-order valence-corrected chi connectivity index (χ2v) is 11.1. The highest BCUT2D eigenvalue weighted by atomic mass is 16.3. The van der Waals surface area contributed by atoms with E-state index in [0.29, 0.717) is 6.42 Å². The van der Waals surface area contributed by atoms with Crippen LogP contribution in [0.5, 0.6) is 23.0 Å². The predicted octanol–water partition coefficient (Wildman–Crippen LogP) is 7.37. The lowest BCUT2D eigenvalue weighted by molar-refractivity contribution is 0.459. The average molecular weight is 497 g/mol. The van der Waals surface area contributed by atoms with Gasteiger partial charge in [-0.2, -0.15) is 0 Å². The molecular weight excluding hydrogens is 460 g/mol. The van der Waals surface area contributed by atoms with E-state index in [4.69, 9.17) is 0 Å². The van der Waals surface area contributed by atoms with Gasteiger partial charge in [0.05, 0.1) is 0 Å². The van der Waals surface area contributed by atoms with E-state index in [1.807, 2.05) is 62.4 Å². The molecule has 0 atom stereocenters. The molecule has 0 unspecified atom stereocenters. The first-order chi connectivity index (χ1) is 17.3. The smallest absolute Gasteiger partial charge is 0.122 e. The van der Waals surface area contributed by atoms with E-state index in [0.717, 1.165) is 44.5 Å². The molecule has 0 aliphatic rings. The molecule has 4 aromatic rings. The first-order valence-corrected chi connectivity index (χ1v) is 12.6. The molecule has 0 aliphatic heterocycles. The van der Waals surface area contributed by atoms with E-state index in [2.05, 4.69) is 27.7 Å². The maximum absolute atomic E-state index is 11.0. The summed E-state index contributed by atoms with van der Waals surface area (Å²) in [6.45, 7) is 12.3. The topological polar surface area (TPSA) is 80.9 Å². The molecule has 4 aromatic carbocycles. The van der Waals surface area contributed by atoms with Gasteiger partial charge in [0, 0.05) is 17.3 Å². The van der Waals surface area contributed by atoms with Gasteiger partial charge >= 0.3 is 0 Å². The zero-order chi connectivity index (χ0) is 27.1. The third-order valence-corrected chi connectivity index (χ3v) is 7.79. The average Bonchev–Trinajstić information content (AvgIpc) is 2.84. The minimum Gasteiger partial charge on any atom is -0.508 e. The summed E-state index contributed by atoms with van der Waals surface area (Å²) in [5.74, 6) is 0.903. The van der Waals surface area contributed by atoms with Crippen LogP contribution in [0.25, 0.3) is 0 Å². The Bertz CT molecular complexity index is 1450. The zero-order valence-electron chi connectivity index (χ0n) is 22.4. The number of aromatic hydroxyl groups is 4. The van der Waals surface area contributed by atoms with Crippen molar-refractivity contribution in [3.63, 3.8) is 0 Å². The predicted molar refractivity (Wildman–Crippen MR) is 149 cm³/mol. The van der Waals surface area contributed by atoms with Gasteiger partial charge in [0.1, 0.15) is 23.0 Å². The number of phenols is 4. The molecule has 4 N–H and O–H groups in total. The van der Waals surface area contributed by atoms with Gasteiger partial charge in [0.15, 0.2) is 0 Å². The summed E-state index contributed by atoms with van der Waals surface area (Å²) < 4.78 is 0. The molecule has 4 nitrogen and oxygen atoms in total. The Morgan fingerprint density at radius 1 is 0.514 bits per heavy atom. The van der Waals surface area contributed by atoms with Crippen LogP contribution in [0, 0.1) is 13.8 Å². The van der Waals surface area contributed by atoms with Crippen molar-refractivity contribution >= 4 is 0 Å². The molecule has 4 rings (SSSR count). The molecule has 0 aromatic heterocycles. The third-order valence-electron chi connectivity index (χ3n) is 7.79. The molecular formula is C33H36O4. The van der Waals surface area contributed by atoms with Gasteiger partial charge in [-0.15, -0.1) is 0 Å². The van der Waals surface area contributed by atoms with Gasteiger partial charge in [-0.1, -0.05) is 76.2 Å². The second-order valence-electron chi connectivity index (χ2n) is 11.1. The van der Waals surface area contributed by atoms with Crippen LogP contribution in [0.3, 0.4) is 0 Å². The Morgan fingerprint density at radius 2 is 1.00 bits per heavy atom. The molecule has 0 saturated heterocycles. The minimum atomic E-state index is -0.365. The van der Waals surface area contributed by atoms with E-state index in [1.165, 1.54) is 0 Å². The zero-order valence-corrected chi connectivity index (χ0v) is 22.4. The van der Waals surface area contributed by atoms with Gasteiger partial charge in [-0.05, 0) is 82.6 Å². The molecule has 0 amide bonds. The lowest BCUT2D eigenvalue weighted by Gasteiger charge is -2.29. The van der Waals surface area contributed by atoms with Crippen molar-refractivity contribution in [2.75, 3.05) is 0 Å². The minimum absolute atomic E-state index is 0.182. The summed E-state index contributed by atoms with van der Waals surface area (Å²) in [5, 5.41) is 41.4. The molecule has 0 saturated carbocycles. The summed E-state index contributed by atoms with van der Waals surface area (Å²) >= 11 is 0. The number of benzene rings is 4. The van der Waals surface area contributed by atoms with Crippen LogP contribution < -0.4 is 0 Å². The van der Waals surface area contributed by atoms with Crippen LogP contribution >= 0.6 is 0 Å². The van der Waals surface area contributed by atoms with E-state index >= 15 is 0 Å². The maximum Gasteiger partial charge on any atom is 0.122 e. The van der Waals surface area contributed by atoms with Crippen LogP contribution in [0.1, 0.15) is 72.2 Å². The summed E-state index contributed by atoms with van der Waals surface area (Å²) in [4.78, 5) is 0. The van der Waals surface area contributed by atoms with Crippen LogP contribution in [0.2, 0.25) is 0 Å². The molecule has 192 valence electrons. The molecule has 4 heteroatoms. The highest BCUT2D eigenvalue weighted by Crippen LogP contribution is 2.39. The molecule has 0 aliphatic carbocycles. The second kappa shape index (κ2) is 9.51. The summed E-state index contributed by atoms with van der Waals surface area (Å²) in [6.07, 6.45) is 0.372. The van der Waals surface area contributed by atoms with Gasteiger partial charge in [-0.25, -0.2) is 0 Å². The number of hydrogen-bond acceptors (Lipinski definition) is 4. The van der Waals surface area contributed by atoms with Crippen molar-refractivity contribution in [1.82, 2.24) is 0 Å². The molecule has 0 fully saturated rings. The Morgan fingerprint density at radius 3 is 1.62 bits per heavy atom. The van der Waals surface area contributed by atoms with Crippen molar-refractivity contribution in [3.8, 4) is 23.0 Å². The lowest BCUT2D eigenvalue weighted by atomic mass is 9.76.